The number of carbonyl (C=O) groups is 1. The lowest BCUT2D eigenvalue weighted by molar-refractivity contribution is -0.142. The van der Waals surface area contributed by atoms with Crippen LogP contribution in [0.1, 0.15) is 16.2 Å². The third-order valence-corrected chi connectivity index (χ3v) is 2.90. The van der Waals surface area contributed by atoms with E-state index in [0.29, 0.717) is 10.7 Å². The maximum atomic E-state index is 12.9. The van der Waals surface area contributed by atoms with Crippen LogP contribution in [-0.2, 0) is 6.18 Å². The number of rotatable bonds is 2. The second-order valence-electron chi connectivity index (χ2n) is 3.55. The number of alkyl halides is 3. The van der Waals surface area contributed by atoms with Crippen LogP contribution in [0, 0.1) is 0 Å². The zero-order chi connectivity index (χ0) is 14.2. The van der Waals surface area contributed by atoms with E-state index in [4.69, 9.17) is 23.2 Å². The minimum Gasteiger partial charge on any atom is -0.296 e. The maximum absolute atomic E-state index is 12.9. The molecule has 1 heterocycles. The Hall–Kier alpha value is -1.53. The molecule has 0 aliphatic rings. The zero-order valence-electron chi connectivity index (χ0n) is 9.08. The summed E-state index contributed by atoms with van der Waals surface area (Å²) in [5, 5.41) is 3.54. The highest BCUT2D eigenvalue weighted by atomic mass is 35.5. The second-order valence-corrected chi connectivity index (χ2v) is 4.37. The summed E-state index contributed by atoms with van der Waals surface area (Å²) < 4.78 is 39.2. The fourth-order valence-electron chi connectivity index (χ4n) is 1.52. The van der Waals surface area contributed by atoms with E-state index in [1.54, 1.807) is 0 Å². The first kappa shape index (κ1) is 13.9. The first-order chi connectivity index (χ1) is 8.84. The fourth-order valence-corrected chi connectivity index (χ4v) is 2.08. The van der Waals surface area contributed by atoms with Gasteiger partial charge in [0.25, 0.3) is 0 Å². The van der Waals surface area contributed by atoms with Gasteiger partial charge in [-0.1, -0.05) is 29.3 Å². The summed E-state index contributed by atoms with van der Waals surface area (Å²) in [5.41, 5.74) is -1.60. The molecular weight excluding hydrogens is 304 g/mol. The van der Waals surface area contributed by atoms with Crippen LogP contribution in [0.3, 0.4) is 0 Å². The summed E-state index contributed by atoms with van der Waals surface area (Å²) in [6, 6.07) is 4.88. The van der Waals surface area contributed by atoms with E-state index in [0.717, 1.165) is 0 Å². The van der Waals surface area contributed by atoms with Gasteiger partial charge in [-0.15, -0.1) is 0 Å². The van der Waals surface area contributed by atoms with Crippen molar-refractivity contribution in [3.63, 3.8) is 0 Å². The molecule has 2 aromatic rings. The number of halogens is 5. The Bertz CT molecular complexity index is 617. The van der Waals surface area contributed by atoms with E-state index < -0.39 is 11.9 Å². The Kier molecular flexibility index (Phi) is 3.56. The number of hydrogen-bond acceptors (Lipinski definition) is 2. The van der Waals surface area contributed by atoms with Crippen molar-refractivity contribution in [3.05, 3.63) is 45.7 Å². The molecule has 0 radical (unpaired) electrons. The molecule has 0 saturated heterocycles. The van der Waals surface area contributed by atoms with Crippen LogP contribution in [0.25, 0.3) is 5.69 Å². The summed E-state index contributed by atoms with van der Waals surface area (Å²) in [6.07, 6.45) is -4.47. The Labute approximate surface area is 115 Å². The fraction of sp³-hybridized carbons (Fsp3) is 0.0909. The molecule has 0 aliphatic carbocycles. The quantitative estimate of drug-likeness (QED) is 0.786. The zero-order valence-corrected chi connectivity index (χ0v) is 10.6. The summed E-state index contributed by atoms with van der Waals surface area (Å²) in [5.74, 6) is 0. The van der Waals surface area contributed by atoms with Crippen LogP contribution in [-0.4, -0.2) is 16.1 Å². The van der Waals surface area contributed by atoms with Gasteiger partial charge in [0.05, 0.1) is 10.0 Å². The highest BCUT2D eigenvalue weighted by Gasteiger charge is 2.37. The lowest BCUT2D eigenvalue weighted by Gasteiger charge is -2.12. The van der Waals surface area contributed by atoms with Gasteiger partial charge in [-0.25, -0.2) is 4.68 Å². The standard InChI is InChI=1S/C11H5Cl2F3N2O/c12-7-2-1-3-8(13)10(7)18-9(11(14,15)16)4-6(5-19)17-18/h1-5H. The summed E-state index contributed by atoms with van der Waals surface area (Å²) in [4.78, 5) is 10.6. The molecule has 0 spiro atoms. The summed E-state index contributed by atoms with van der Waals surface area (Å²) in [7, 11) is 0. The highest BCUT2D eigenvalue weighted by Crippen LogP contribution is 2.35. The van der Waals surface area contributed by atoms with Crippen LogP contribution >= 0.6 is 23.2 Å². The van der Waals surface area contributed by atoms with Crippen molar-refractivity contribution in [1.29, 1.82) is 0 Å². The highest BCUT2D eigenvalue weighted by molar-refractivity contribution is 6.37. The van der Waals surface area contributed by atoms with Crippen molar-refractivity contribution in [2.24, 2.45) is 0 Å². The van der Waals surface area contributed by atoms with Crippen molar-refractivity contribution in [1.82, 2.24) is 9.78 Å². The number of hydrogen-bond donors (Lipinski definition) is 0. The lowest BCUT2D eigenvalue weighted by atomic mass is 10.3. The van der Waals surface area contributed by atoms with Gasteiger partial charge < -0.3 is 0 Å². The summed E-state index contributed by atoms with van der Waals surface area (Å²) >= 11 is 11.7. The van der Waals surface area contributed by atoms with Crippen molar-refractivity contribution in [2.75, 3.05) is 0 Å². The Morgan fingerprint density at radius 3 is 2.26 bits per heavy atom. The van der Waals surface area contributed by atoms with Crippen LogP contribution < -0.4 is 0 Å². The lowest BCUT2D eigenvalue weighted by Crippen LogP contribution is -2.13. The largest absolute Gasteiger partial charge is 0.433 e. The van der Waals surface area contributed by atoms with Gasteiger partial charge in [-0.2, -0.15) is 18.3 Å². The number of nitrogens with zero attached hydrogens (tertiary/aromatic N) is 2. The molecule has 0 atom stereocenters. The maximum Gasteiger partial charge on any atom is 0.433 e. The predicted octanol–water partition coefficient (Wildman–Crippen LogP) is 4.01. The number of benzene rings is 1. The second kappa shape index (κ2) is 4.86. The molecule has 1 aromatic carbocycles. The van der Waals surface area contributed by atoms with Crippen LogP contribution in [0.5, 0.6) is 0 Å². The minimum absolute atomic E-state index is 0.00134. The summed E-state index contributed by atoms with van der Waals surface area (Å²) in [6.45, 7) is 0. The van der Waals surface area contributed by atoms with E-state index in [9.17, 15) is 18.0 Å². The average molecular weight is 309 g/mol. The molecule has 8 heteroatoms. The monoisotopic (exact) mass is 308 g/mol. The van der Waals surface area contributed by atoms with E-state index in [-0.39, 0.29) is 27.7 Å². The van der Waals surface area contributed by atoms with Gasteiger partial charge in [0.15, 0.2) is 6.29 Å². The van der Waals surface area contributed by atoms with Gasteiger partial charge in [0, 0.05) is 0 Å². The molecule has 0 unspecified atom stereocenters. The first-order valence-corrected chi connectivity index (χ1v) is 5.67. The molecule has 100 valence electrons. The molecular formula is C11H5Cl2F3N2O. The third kappa shape index (κ3) is 2.59. The number of aldehydes is 1. The third-order valence-electron chi connectivity index (χ3n) is 2.29. The van der Waals surface area contributed by atoms with E-state index in [1.165, 1.54) is 18.2 Å². The molecule has 3 nitrogen and oxygen atoms in total. The van der Waals surface area contributed by atoms with E-state index in [2.05, 4.69) is 5.10 Å². The average Bonchev–Trinajstić information content (AvgIpc) is 2.72. The number of para-hydroxylation sites is 1. The van der Waals surface area contributed by atoms with Crippen LogP contribution in [0.4, 0.5) is 13.2 Å². The van der Waals surface area contributed by atoms with Gasteiger partial charge in [0.1, 0.15) is 17.1 Å². The molecule has 0 saturated carbocycles. The SMILES string of the molecule is O=Cc1cc(C(F)(F)F)n(-c2c(Cl)cccc2Cl)n1. The topological polar surface area (TPSA) is 34.9 Å². The van der Waals surface area contributed by atoms with E-state index >= 15 is 0 Å². The van der Waals surface area contributed by atoms with Gasteiger partial charge in [0.2, 0.25) is 0 Å². The van der Waals surface area contributed by atoms with Gasteiger partial charge in [-0.3, -0.25) is 4.79 Å². The molecule has 19 heavy (non-hydrogen) atoms. The Balaban J connectivity index is 2.75. The van der Waals surface area contributed by atoms with Crippen molar-refractivity contribution in [3.8, 4) is 5.69 Å². The van der Waals surface area contributed by atoms with Crippen molar-refractivity contribution in [2.45, 2.75) is 6.18 Å². The predicted molar refractivity (Wildman–Crippen MR) is 64.0 cm³/mol. The molecule has 1 aromatic heterocycles. The Morgan fingerprint density at radius 2 is 1.79 bits per heavy atom. The number of carbonyl (C=O) groups excluding carboxylic acids is 1. The molecule has 0 N–H and O–H groups in total. The normalized spacial score (nSPS) is 11.6. The molecule has 0 fully saturated rings. The van der Waals surface area contributed by atoms with Crippen LogP contribution in [0.2, 0.25) is 10.0 Å². The smallest absolute Gasteiger partial charge is 0.296 e. The Morgan fingerprint density at radius 1 is 1.21 bits per heavy atom. The van der Waals surface area contributed by atoms with Gasteiger partial charge in [-0.05, 0) is 18.2 Å². The van der Waals surface area contributed by atoms with Gasteiger partial charge >= 0.3 is 6.18 Å². The first-order valence-electron chi connectivity index (χ1n) is 4.91. The molecule has 2 rings (SSSR count). The minimum atomic E-state index is -4.68. The van der Waals surface area contributed by atoms with Crippen LogP contribution in [0.15, 0.2) is 24.3 Å². The van der Waals surface area contributed by atoms with E-state index in [1.807, 2.05) is 0 Å². The molecule has 0 aliphatic heterocycles. The molecule has 0 bridgehead atoms. The van der Waals surface area contributed by atoms with Crippen molar-refractivity contribution < 1.29 is 18.0 Å². The molecule has 0 amide bonds. The number of aromatic nitrogens is 2. The van der Waals surface area contributed by atoms with Crippen molar-refractivity contribution >= 4 is 29.5 Å².